The Morgan fingerprint density at radius 3 is 2.67 bits per heavy atom. The standard InChI is InChI=1S/C18H12F3N5O/c19-18(20,21)13-3-1-2-11(6-13)12-7-15-16(23-8-12)25-17(27)26(15)9-14-4-5-22-10-24-14/h1-8,10H,9H2,(H,23,25,27). The van der Waals surface area contributed by atoms with Gasteiger partial charge in [0.1, 0.15) is 6.33 Å². The van der Waals surface area contributed by atoms with Crippen LogP contribution in [0.4, 0.5) is 13.2 Å². The first-order valence-corrected chi connectivity index (χ1v) is 7.93. The summed E-state index contributed by atoms with van der Waals surface area (Å²) in [4.78, 5) is 27.0. The Morgan fingerprint density at radius 2 is 1.93 bits per heavy atom. The first-order chi connectivity index (χ1) is 12.9. The number of alkyl halides is 3. The summed E-state index contributed by atoms with van der Waals surface area (Å²) in [5, 5.41) is 0. The highest BCUT2D eigenvalue weighted by atomic mass is 19.4. The number of nitrogens with one attached hydrogen (secondary N) is 1. The van der Waals surface area contributed by atoms with Crippen LogP contribution in [0.3, 0.4) is 0 Å². The van der Waals surface area contributed by atoms with E-state index in [9.17, 15) is 18.0 Å². The molecule has 0 atom stereocenters. The summed E-state index contributed by atoms with van der Waals surface area (Å²) < 4.78 is 40.3. The second-order valence-corrected chi connectivity index (χ2v) is 5.89. The highest BCUT2D eigenvalue weighted by molar-refractivity contribution is 5.78. The lowest BCUT2D eigenvalue weighted by atomic mass is 10.0. The number of hydrogen-bond acceptors (Lipinski definition) is 4. The van der Waals surface area contributed by atoms with Gasteiger partial charge in [0.05, 0.1) is 23.3 Å². The number of imidazole rings is 1. The van der Waals surface area contributed by atoms with Crippen LogP contribution in [-0.2, 0) is 12.7 Å². The molecule has 0 aliphatic carbocycles. The Labute approximate surface area is 150 Å². The molecular weight excluding hydrogens is 359 g/mol. The number of halogens is 3. The number of nitrogens with zero attached hydrogens (tertiary/aromatic N) is 4. The first kappa shape index (κ1) is 17.0. The number of pyridine rings is 1. The van der Waals surface area contributed by atoms with Crippen molar-refractivity contribution in [1.29, 1.82) is 0 Å². The molecule has 3 aromatic heterocycles. The molecule has 0 amide bonds. The monoisotopic (exact) mass is 371 g/mol. The van der Waals surface area contributed by atoms with Crippen molar-refractivity contribution in [3.05, 3.63) is 76.9 Å². The molecule has 27 heavy (non-hydrogen) atoms. The van der Waals surface area contributed by atoms with Gasteiger partial charge in [-0.05, 0) is 29.8 Å². The quantitative estimate of drug-likeness (QED) is 0.600. The predicted octanol–water partition coefficient (Wildman–Crippen LogP) is 3.25. The number of aromatic amines is 1. The van der Waals surface area contributed by atoms with Crippen LogP contribution in [0.5, 0.6) is 0 Å². The number of hydrogen-bond donors (Lipinski definition) is 1. The second kappa shape index (κ2) is 6.35. The summed E-state index contributed by atoms with van der Waals surface area (Å²) in [5.74, 6) is 0. The maximum Gasteiger partial charge on any atom is 0.416 e. The van der Waals surface area contributed by atoms with Crippen molar-refractivity contribution in [1.82, 2.24) is 24.5 Å². The third-order valence-electron chi connectivity index (χ3n) is 4.12. The van der Waals surface area contributed by atoms with Crippen molar-refractivity contribution in [2.75, 3.05) is 0 Å². The lowest BCUT2D eigenvalue weighted by molar-refractivity contribution is -0.137. The van der Waals surface area contributed by atoms with Crippen molar-refractivity contribution in [3.63, 3.8) is 0 Å². The van der Waals surface area contributed by atoms with E-state index in [1.807, 2.05) is 0 Å². The Hall–Kier alpha value is -3.49. The Balaban J connectivity index is 1.81. The molecule has 1 aromatic carbocycles. The van der Waals surface area contributed by atoms with E-state index in [0.29, 0.717) is 28.0 Å². The van der Waals surface area contributed by atoms with Crippen molar-refractivity contribution < 1.29 is 13.2 Å². The molecule has 136 valence electrons. The number of aromatic nitrogens is 5. The van der Waals surface area contributed by atoms with Gasteiger partial charge in [0.15, 0.2) is 5.65 Å². The van der Waals surface area contributed by atoms with E-state index in [0.717, 1.165) is 12.1 Å². The van der Waals surface area contributed by atoms with Gasteiger partial charge in [0.25, 0.3) is 0 Å². The van der Waals surface area contributed by atoms with Gasteiger partial charge in [0, 0.05) is 18.0 Å². The average Bonchev–Trinajstić information content (AvgIpc) is 2.97. The lowest BCUT2D eigenvalue weighted by Gasteiger charge is -2.09. The van der Waals surface area contributed by atoms with Crippen LogP contribution in [0, 0.1) is 0 Å². The van der Waals surface area contributed by atoms with Gasteiger partial charge in [-0.25, -0.2) is 19.7 Å². The second-order valence-electron chi connectivity index (χ2n) is 5.89. The molecule has 6 nitrogen and oxygen atoms in total. The number of fused-ring (bicyclic) bond motifs is 1. The first-order valence-electron chi connectivity index (χ1n) is 7.93. The van der Waals surface area contributed by atoms with E-state index in [4.69, 9.17) is 0 Å². The number of rotatable bonds is 3. The third-order valence-corrected chi connectivity index (χ3v) is 4.12. The highest BCUT2D eigenvalue weighted by Crippen LogP contribution is 2.32. The summed E-state index contributed by atoms with van der Waals surface area (Å²) in [6.45, 7) is 0.190. The van der Waals surface area contributed by atoms with Crippen LogP contribution >= 0.6 is 0 Å². The zero-order valence-corrected chi connectivity index (χ0v) is 13.7. The van der Waals surface area contributed by atoms with E-state index < -0.39 is 11.7 Å². The molecule has 0 aliphatic heterocycles. The third kappa shape index (κ3) is 3.31. The summed E-state index contributed by atoms with van der Waals surface area (Å²) in [5.41, 5.74) is 1.17. The summed E-state index contributed by atoms with van der Waals surface area (Å²) in [6, 6.07) is 8.29. The molecule has 1 N–H and O–H groups in total. The largest absolute Gasteiger partial charge is 0.416 e. The molecular formula is C18H12F3N5O. The van der Waals surface area contributed by atoms with Crippen LogP contribution in [0.1, 0.15) is 11.3 Å². The van der Waals surface area contributed by atoms with E-state index >= 15 is 0 Å². The average molecular weight is 371 g/mol. The molecule has 3 heterocycles. The van der Waals surface area contributed by atoms with E-state index in [1.54, 1.807) is 24.4 Å². The summed E-state index contributed by atoms with van der Waals surface area (Å²) >= 11 is 0. The fourth-order valence-electron chi connectivity index (χ4n) is 2.80. The van der Waals surface area contributed by atoms with Crippen molar-refractivity contribution >= 4 is 11.2 Å². The van der Waals surface area contributed by atoms with Gasteiger partial charge in [-0.1, -0.05) is 12.1 Å². The molecule has 0 saturated heterocycles. The zero-order valence-electron chi connectivity index (χ0n) is 13.7. The van der Waals surface area contributed by atoms with Crippen molar-refractivity contribution in [2.24, 2.45) is 0 Å². The van der Waals surface area contributed by atoms with Gasteiger partial charge < -0.3 is 0 Å². The lowest BCUT2D eigenvalue weighted by Crippen LogP contribution is -2.17. The minimum Gasteiger partial charge on any atom is -0.290 e. The van der Waals surface area contributed by atoms with Gasteiger partial charge >= 0.3 is 11.9 Å². The topological polar surface area (TPSA) is 76.5 Å². The summed E-state index contributed by atoms with van der Waals surface area (Å²) in [7, 11) is 0. The highest BCUT2D eigenvalue weighted by Gasteiger charge is 2.30. The van der Waals surface area contributed by atoms with Crippen LogP contribution in [0.25, 0.3) is 22.3 Å². The molecule has 4 aromatic rings. The van der Waals surface area contributed by atoms with Crippen LogP contribution in [0.15, 0.2) is 59.9 Å². The van der Waals surface area contributed by atoms with E-state index in [-0.39, 0.29) is 12.2 Å². The minimum absolute atomic E-state index is 0.190. The molecule has 4 rings (SSSR count). The summed E-state index contributed by atoms with van der Waals surface area (Å²) in [6.07, 6.45) is -0.0599. The maximum atomic E-state index is 13.0. The smallest absolute Gasteiger partial charge is 0.290 e. The Morgan fingerprint density at radius 1 is 1.07 bits per heavy atom. The maximum absolute atomic E-state index is 13.0. The molecule has 0 spiro atoms. The molecule has 0 aliphatic rings. The van der Waals surface area contributed by atoms with E-state index in [2.05, 4.69) is 19.9 Å². The minimum atomic E-state index is -4.43. The number of benzene rings is 1. The fourth-order valence-corrected chi connectivity index (χ4v) is 2.80. The molecule has 0 saturated carbocycles. The molecule has 0 bridgehead atoms. The fraction of sp³-hybridized carbons (Fsp3) is 0.111. The van der Waals surface area contributed by atoms with Gasteiger partial charge in [-0.2, -0.15) is 13.2 Å². The van der Waals surface area contributed by atoms with Crippen molar-refractivity contribution in [3.8, 4) is 11.1 Å². The normalized spacial score (nSPS) is 11.8. The van der Waals surface area contributed by atoms with Crippen LogP contribution in [-0.4, -0.2) is 24.5 Å². The van der Waals surface area contributed by atoms with Crippen LogP contribution in [0.2, 0.25) is 0 Å². The molecule has 0 radical (unpaired) electrons. The molecule has 0 fully saturated rings. The molecule has 0 unspecified atom stereocenters. The zero-order chi connectivity index (χ0) is 19.0. The Bertz CT molecular complexity index is 1170. The predicted molar refractivity (Wildman–Crippen MR) is 91.9 cm³/mol. The van der Waals surface area contributed by atoms with Gasteiger partial charge in [-0.3, -0.25) is 9.55 Å². The SMILES string of the molecule is O=c1[nH]c2ncc(-c3cccc(C(F)(F)F)c3)cc2n1Cc1ccncn1. The van der Waals surface area contributed by atoms with Gasteiger partial charge in [-0.15, -0.1) is 0 Å². The Kier molecular flexibility index (Phi) is 3.98. The van der Waals surface area contributed by atoms with E-state index in [1.165, 1.54) is 23.2 Å². The van der Waals surface area contributed by atoms with Gasteiger partial charge in [0.2, 0.25) is 0 Å². The van der Waals surface area contributed by atoms with Crippen molar-refractivity contribution in [2.45, 2.75) is 12.7 Å². The van der Waals surface area contributed by atoms with Crippen LogP contribution < -0.4 is 5.69 Å². The molecule has 9 heteroatoms. The number of H-pyrrole nitrogens is 1.